The summed E-state index contributed by atoms with van der Waals surface area (Å²) in [6.45, 7) is 0. The molecule has 2 aromatic carbocycles. The third-order valence-corrected chi connectivity index (χ3v) is 3.41. The first kappa shape index (κ1) is 20.1. The van der Waals surface area contributed by atoms with Crippen LogP contribution in [0.4, 0.5) is 5.69 Å². The minimum Gasteiger partial charge on any atom is -0.465 e. The lowest BCUT2D eigenvalue weighted by Crippen LogP contribution is -2.04. The third kappa shape index (κ3) is 5.64. The van der Waals surface area contributed by atoms with Gasteiger partial charge in [0.2, 0.25) is 0 Å². The van der Waals surface area contributed by atoms with Crippen molar-refractivity contribution < 1.29 is 24.0 Å². The van der Waals surface area contributed by atoms with Crippen LogP contribution in [0.5, 0.6) is 5.75 Å². The van der Waals surface area contributed by atoms with Crippen molar-refractivity contribution in [3.63, 3.8) is 0 Å². The molecule has 28 heavy (non-hydrogen) atoms. The summed E-state index contributed by atoms with van der Waals surface area (Å²) in [5, 5.41) is 19.7. The van der Waals surface area contributed by atoms with E-state index in [2.05, 4.69) is 4.74 Å². The van der Waals surface area contributed by atoms with Gasteiger partial charge in [-0.3, -0.25) is 10.1 Å². The number of nitrogens with zero attached hydrogens (tertiary/aromatic N) is 2. The van der Waals surface area contributed by atoms with Gasteiger partial charge in [-0.15, -0.1) is 0 Å². The second-order valence-corrected chi connectivity index (χ2v) is 5.34. The Bertz CT molecular complexity index is 1020. The molecule has 0 radical (unpaired) electrons. The molecule has 0 aliphatic rings. The summed E-state index contributed by atoms with van der Waals surface area (Å²) in [6, 6.07) is 13.7. The molecule has 0 bridgehead atoms. The van der Waals surface area contributed by atoms with E-state index in [-0.39, 0.29) is 17.0 Å². The molecule has 0 atom stereocenters. The van der Waals surface area contributed by atoms with Gasteiger partial charge in [-0.25, -0.2) is 9.59 Å². The van der Waals surface area contributed by atoms with Gasteiger partial charge in [0.25, 0.3) is 5.69 Å². The van der Waals surface area contributed by atoms with Crippen molar-refractivity contribution in [3.8, 4) is 11.8 Å². The largest absolute Gasteiger partial charge is 0.465 e. The Kier molecular flexibility index (Phi) is 6.77. The minimum atomic E-state index is -0.773. The molecule has 0 heterocycles. The van der Waals surface area contributed by atoms with E-state index >= 15 is 0 Å². The van der Waals surface area contributed by atoms with E-state index in [1.165, 1.54) is 49.6 Å². The Balaban J connectivity index is 2.11. The number of methoxy groups -OCH3 is 1. The molecule has 0 aromatic heterocycles. The van der Waals surface area contributed by atoms with Gasteiger partial charge in [-0.05, 0) is 35.4 Å². The highest BCUT2D eigenvalue weighted by molar-refractivity contribution is 5.97. The first-order chi connectivity index (χ1) is 13.4. The molecule has 0 saturated heterocycles. The summed E-state index contributed by atoms with van der Waals surface area (Å²) in [4.78, 5) is 33.6. The average Bonchev–Trinajstić information content (AvgIpc) is 2.70. The van der Waals surface area contributed by atoms with Crippen LogP contribution in [0.25, 0.3) is 12.2 Å². The third-order valence-electron chi connectivity index (χ3n) is 3.41. The highest BCUT2D eigenvalue weighted by Crippen LogP contribution is 2.17. The number of esters is 2. The second-order valence-electron chi connectivity index (χ2n) is 5.34. The lowest BCUT2D eigenvalue weighted by atomic mass is 10.1. The standard InChI is InChI=1S/C20H14N2O6/c1-27-20(24)16(13-21)10-15-5-3-7-18(12-15)28-19(23)9-8-14-4-2-6-17(11-14)22(25)26/h2-12H,1H3. The van der Waals surface area contributed by atoms with E-state index in [1.807, 2.05) is 0 Å². The van der Waals surface area contributed by atoms with Crippen LogP contribution in [-0.2, 0) is 14.3 Å². The summed E-state index contributed by atoms with van der Waals surface area (Å²) in [5.74, 6) is -1.27. The zero-order valence-corrected chi connectivity index (χ0v) is 14.7. The van der Waals surface area contributed by atoms with Crippen LogP contribution in [0.2, 0.25) is 0 Å². The van der Waals surface area contributed by atoms with Crippen LogP contribution >= 0.6 is 0 Å². The highest BCUT2D eigenvalue weighted by atomic mass is 16.6. The van der Waals surface area contributed by atoms with Crippen LogP contribution in [0.1, 0.15) is 11.1 Å². The fourth-order valence-electron chi connectivity index (χ4n) is 2.14. The average molecular weight is 378 g/mol. The number of nitriles is 1. The van der Waals surface area contributed by atoms with Crippen molar-refractivity contribution in [2.24, 2.45) is 0 Å². The molecule has 0 fully saturated rings. The van der Waals surface area contributed by atoms with Gasteiger partial charge in [0.15, 0.2) is 0 Å². The molecule has 0 unspecified atom stereocenters. The molecule has 0 amide bonds. The van der Waals surface area contributed by atoms with Gasteiger partial charge >= 0.3 is 11.9 Å². The zero-order chi connectivity index (χ0) is 20.5. The monoisotopic (exact) mass is 378 g/mol. The van der Waals surface area contributed by atoms with Crippen LogP contribution in [-0.4, -0.2) is 24.0 Å². The van der Waals surface area contributed by atoms with Gasteiger partial charge in [-0.1, -0.05) is 24.3 Å². The van der Waals surface area contributed by atoms with E-state index < -0.39 is 16.9 Å². The molecule has 0 saturated carbocycles. The van der Waals surface area contributed by atoms with Crippen LogP contribution in [0.15, 0.2) is 60.2 Å². The van der Waals surface area contributed by atoms with E-state index in [9.17, 15) is 19.7 Å². The van der Waals surface area contributed by atoms with Crippen LogP contribution in [0.3, 0.4) is 0 Å². The minimum absolute atomic E-state index is 0.0890. The van der Waals surface area contributed by atoms with Crippen LogP contribution in [0, 0.1) is 21.4 Å². The van der Waals surface area contributed by atoms with Crippen molar-refractivity contribution in [2.45, 2.75) is 0 Å². The molecule has 0 aliphatic carbocycles. The molecule has 0 N–H and O–H groups in total. The molecule has 2 rings (SSSR count). The summed E-state index contributed by atoms with van der Waals surface area (Å²) in [5.41, 5.74) is 0.653. The Hall–Kier alpha value is -4.25. The summed E-state index contributed by atoms with van der Waals surface area (Å²) in [6.07, 6.45) is 3.84. The number of benzene rings is 2. The van der Waals surface area contributed by atoms with Gasteiger partial charge in [0.1, 0.15) is 17.4 Å². The maximum absolute atomic E-state index is 12.0. The second kappa shape index (κ2) is 9.45. The quantitative estimate of drug-likeness (QED) is 0.189. The van der Waals surface area contributed by atoms with Gasteiger partial charge in [0, 0.05) is 18.2 Å². The number of carbonyl (C=O) groups excluding carboxylic acids is 2. The summed E-state index contributed by atoms with van der Waals surface area (Å²) < 4.78 is 9.67. The summed E-state index contributed by atoms with van der Waals surface area (Å²) in [7, 11) is 1.17. The van der Waals surface area contributed by atoms with Crippen molar-refractivity contribution in [3.05, 3.63) is 81.4 Å². The van der Waals surface area contributed by atoms with Crippen molar-refractivity contribution >= 4 is 29.8 Å². The number of non-ortho nitro benzene ring substituents is 1. The fourth-order valence-corrected chi connectivity index (χ4v) is 2.14. The number of rotatable bonds is 6. The first-order valence-corrected chi connectivity index (χ1v) is 7.87. The number of nitro benzene ring substituents is 1. The molecular weight excluding hydrogens is 364 g/mol. The van der Waals surface area contributed by atoms with Gasteiger partial charge in [0.05, 0.1) is 12.0 Å². The predicted octanol–water partition coefficient (Wildman–Crippen LogP) is 3.29. The summed E-state index contributed by atoms with van der Waals surface area (Å²) >= 11 is 0. The Morgan fingerprint density at radius 3 is 2.54 bits per heavy atom. The number of ether oxygens (including phenoxy) is 2. The van der Waals surface area contributed by atoms with Crippen molar-refractivity contribution in [1.29, 1.82) is 5.26 Å². The molecule has 8 heteroatoms. The predicted molar refractivity (Wildman–Crippen MR) is 99.8 cm³/mol. The smallest absolute Gasteiger partial charge is 0.348 e. The Morgan fingerprint density at radius 2 is 1.86 bits per heavy atom. The molecule has 140 valence electrons. The molecular formula is C20H14N2O6. The van der Waals surface area contributed by atoms with Gasteiger partial charge in [-0.2, -0.15) is 5.26 Å². The Labute approximate surface area is 160 Å². The topological polar surface area (TPSA) is 120 Å². The van der Waals surface area contributed by atoms with Crippen LogP contribution < -0.4 is 4.74 Å². The lowest BCUT2D eigenvalue weighted by Gasteiger charge is -2.03. The first-order valence-electron chi connectivity index (χ1n) is 7.87. The SMILES string of the molecule is COC(=O)C(C#N)=Cc1cccc(OC(=O)C=Cc2cccc([N+](=O)[O-])c2)c1. The Morgan fingerprint density at radius 1 is 1.14 bits per heavy atom. The van der Waals surface area contributed by atoms with E-state index in [0.29, 0.717) is 11.1 Å². The van der Waals surface area contributed by atoms with Crippen molar-refractivity contribution in [1.82, 2.24) is 0 Å². The number of carbonyl (C=O) groups is 2. The maximum atomic E-state index is 12.0. The van der Waals surface area contributed by atoms with E-state index in [1.54, 1.807) is 24.3 Å². The van der Waals surface area contributed by atoms with Gasteiger partial charge < -0.3 is 9.47 Å². The zero-order valence-electron chi connectivity index (χ0n) is 14.7. The van der Waals surface area contributed by atoms with E-state index in [4.69, 9.17) is 10.00 Å². The lowest BCUT2D eigenvalue weighted by molar-refractivity contribution is -0.384. The fraction of sp³-hybridized carbons (Fsp3) is 0.0500. The number of hydrogen-bond acceptors (Lipinski definition) is 7. The van der Waals surface area contributed by atoms with E-state index in [0.717, 1.165) is 6.08 Å². The number of hydrogen-bond donors (Lipinski definition) is 0. The normalized spacial score (nSPS) is 10.9. The molecule has 0 spiro atoms. The molecule has 8 nitrogen and oxygen atoms in total. The van der Waals surface area contributed by atoms with Crippen molar-refractivity contribution in [2.75, 3.05) is 7.11 Å². The molecule has 0 aliphatic heterocycles. The maximum Gasteiger partial charge on any atom is 0.348 e. The molecule has 2 aromatic rings. The highest BCUT2D eigenvalue weighted by Gasteiger charge is 2.09. The number of nitro groups is 1.